The summed E-state index contributed by atoms with van der Waals surface area (Å²) >= 11 is 0. The molecule has 0 aromatic heterocycles. The zero-order valence-electron chi connectivity index (χ0n) is 16.0. The van der Waals surface area contributed by atoms with Crippen molar-refractivity contribution < 1.29 is 13.2 Å². The molecule has 7 heteroatoms. The van der Waals surface area contributed by atoms with Crippen LogP contribution in [-0.2, 0) is 14.8 Å². The Balaban J connectivity index is 2.02. The Morgan fingerprint density at radius 2 is 1.73 bits per heavy atom. The quantitative estimate of drug-likeness (QED) is 0.726. The molecular weight excluding hydrogens is 350 g/mol. The number of nitrogens with zero attached hydrogens (tertiary/aromatic N) is 1. The number of hydrogen-bond donors (Lipinski definition) is 2. The Kier molecular flexibility index (Phi) is 7.61. The lowest BCUT2D eigenvalue weighted by Gasteiger charge is -2.35. The molecule has 1 saturated heterocycles. The van der Waals surface area contributed by atoms with E-state index in [-0.39, 0.29) is 16.8 Å². The first-order valence-electron chi connectivity index (χ1n) is 9.39. The maximum atomic E-state index is 12.6. The van der Waals surface area contributed by atoms with Gasteiger partial charge in [-0.05, 0) is 62.5 Å². The van der Waals surface area contributed by atoms with E-state index in [1.807, 2.05) is 0 Å². The smallest absolute Gasteiger partial charge is 0.240 e. The van der Waals surface area contributed by atoms with E-state index >= 15 is 0 Å². The molecule has 146 valence electrons. The summed E-state index contributed by atoms with van der Waals surface area (Å²) in [6.07, 6.45) is 4.61. The third kappa shape index (κ3) is 6.37. The highest BCUT2D eigenvalue weighted by molar-refractivity contribution is 7.89. The Morgan fingerprint density at radius 1 is 1.12 bits per heavy atom. The molecule has 0 saturated carbocycles. The van der Waals surface area contributed by atoms with E-state index in [2.05, 4.69) is 28.8 Å². The summed E-state index contributed by atoms with van der Waals surface area (Å²) < 4.78 is 28.0. The predicted octanol–water partition coefficient (Wildman–Crippen LogP) is 2.82. The highest BCUT2D eigenvalue weighted by Crippen LogP contribution is 2.19. The second-order valence-corrected chi connectivity index (χ2v) is 9.20. The van der Waals surface area contributed by atoms with Crippen LogP contribution in [0.1, 0.15) is 46.5 Å². The van der Waals surface area contributed by atoms with Crippen LogP contribution >= 0.6 is 0 Å². The number of piperidine rings is 1. The third-order valence-electron chi connectivity index (χ3n) is 4.64. The fraction of sp³-hybridized carbons (Fsp3) is 0.632. The van der Waals surface area contributed by atoms with Gasteiger partial charge in [0.25, 0.3) is 0 Å². The van der Waals surface area contributed by atoms with E-state index in [4.69, 9.17) is 0 Å². The molecule has 26 heavy (non-hydrogen) atoms. The molecule has 0 bridgehead atoms. The second-order valence-electron chi connectivity index (χ2n) is 7.44. The molecule has 1 amide bonds. The van der Waals surface area contributed by atoms with Crippen molar-refractivity contribution in [3.8, 4) is 0 Å². The molecule has 0 radical (unpaired) electrons. The number of hydrogen-bond acceptors (Lipinski definition) is 4. The largest absolute Gasteiger partial charge is 0.326 e. The van der Waals surface area contributed by atoms with Gasteiger partial charge in [0.1, 0.15) is 0 Å². The average Bonchev–Trinajstić information content (AvgIpc) is 2.59. The normalized spacial score (nSPS) is 17.2. The lowest BCUT2D eigenvalue weighted by atomic mass is 10.00. The fourth-order valence-corrected chi connectivity index (χ4v) is 4.47. The van der Waals surface area contributed by atoms with Crippen LogP contribution in [0.2, 0.25) is 0 Å². The molecule has 0 spiro atoms. The van der Waals surface area contributed by atoms with Crippen molar-refractivity contribution in [1.82, 2.24) is 9.62 Å². The molecule has 1 fully saturated rings. The molecule has 6 nitrogen and oxygen atoms in total. The molecule has 0 aliphatic carbocycles. The Labute approximate surface area is 157 Å². The first-order valence-corrected chi connectivity index (χ1v) is 10.9. The van der Waals surface area contributed by atoms with Crippen LogP contribution in [0, 0.1) is 5.92 Å². The van der Waals surface area contributed by atoms with Crippen molar-refractivity contribution >= 4 is 21.6 Å². The van der Waals surface area contributed by atoms with Crippen LogP contribution in [0.3, 0.4) is 0 Å². The van der Waals surface area contributed by atoms with Crippen LogP contribution < -0.4 is 10.0 Å². The Morgan fingerprint density at radius 3 is 2.27 bits per heavy atom. The summed E-state index contributed by atoms with van der Waals surface area (Å²) in [5.41, 5.74) is 0.586. The van der Waals surface area contributed by atoms with E-state index in [9.17, 15) is 13.2 Å². The summed E-state index contributed by atoms with van der Waals surface area (Å²) in [5, 5.41) is 2.64. The highest BCUT2D eigenvalue weighted by Gasteiger charge is 2.24. The summed E-state index contributed by atoms with van der Waals surface area (Å²) in [6, 6.07) is 6.47. The van der Waals surface area contributed by atoms with Gasteiger partial charge in [-0.3, -0.25) is 9.69 Å². The standard InChI is InChI=1S/C19H31N3O3S/c1-15(2)13-18(22-11-5-4-6-12-22)14-20-26(24,25)19-9-7-17(8-10-19)21-16(3)23/h7-10,15,18,20H,4-6,11-14H2,1-3H3,(H,21,23). The van der Waals surface area contributed by atoms with Crippen molar-refractivity contribution in [1.29, 1.82) is 0 Å². The van der Waals surface area contributed by atoms with Crippen LogP contribution in [0.15, 0.2) is 29.2 Å². The Bertz CT molecular complexity index is 680. The summed E-state index contributed by atoms with van der Waals surface area (Å²) in [6.45, 7) is 8.28. The molecule has 1 aliphatic heterocycles. The number of carbonyl (C=O) groups excluding carboxylic acids is 1. The van der Waals surface area contributed by atoms with Gasteiger partial charge in [0.15, 0.2) is 0 Å². The second kappa shape index (κ2) is 9.48. The average molecular weight is 382 g/mol. The van der Waals surface area contributed by atoms with Gasteiger partial charge in [-0.1, -0.05) is 20.3 Å². The summed E-state index contributed by atoms with van der Waals surface area (Å²) in [5.74, 6) is 0.333. The van der Waals surface area contributed by atoms with Crippen LogP contribution in [0.4, 0.5) is 5.69 Å². The SMILES string of the molecule is CC(=O)Nc1ccc(S(=O)(=O)NCC(CC(C)C)N2CCCCC2)cc1. The molecule has 2 rings (SSSR count). The van der Waals surface area contributed by atoms with Gasteiger partial charge in [0, 0.05) is 25.2 Å². The van der Waals surface area contributed by atoms with E-state index in [1.165, 1.54) is 38.3 Å². The number of amides is 1. The zero-order chi connectivity index (χ0) is 19.2. The van der Waals surface area contributed by atoms with Gasteiger partial charge < -0.3 is 5.32 Å². The topological polar surface area (TPSA) is 78.5 Å². The maximum absolute atomic E-state index is 12.6. The number of sulfonamides is 1. The third-order valence-corrected chi connectivity index (χ3v) is 6.08. The molecule has 1 aliphatic rings. The minimum atomic E-state index is -3.56. The summed E-state index contributed by atoms with van der Waals surface area (Å²) in [7, 11) is -3.56. The van der Waals surface area contributed by atoms with E-state index in [1.54, 1.807) is 12.1 Å². The Hall–Kier alpha value is -1.44. The van der Waals surface area contributed by atoms with Gasteiger partial charge in [-0.2, -0.15) is 0 Å². The van der Waals surface area contributed by atoms with Crippen LogP contribution in [-0.4, -0.2) is 44.9 Å². The number of rotatable bonds is 8. The molecule has 1 atom stereocenters. The van der Waals surface area contributed by atoms with Gasteiger partial charge in [-0.15, -0.1) is 0 Å². The van der Waals surface area contributed by atoms with Crippen molar-refractivity contribution in [2.45, 2.75) is 57.4 Å². The van der Waals surface area contributed by atoms with Crippen LogP contribution in [0.5, 0.6) is 0 Å². The van der Waals surface area contributed by atoms with Crippen molar-refractivity contribution in [3.63, 3.8) is 0 Å². The molecule has 1 aromatic carbocycles. The molecule has 2 N–H and O–H groups in total. The lowest BCUT2D eigenvalue weighted by molar-refractivity contribution is -0.114. The molecule has 1 heterocycles. The number of nitrogens with one attached hydrogen (secondary N) is 2. The van der Waals surface area contributed by atoms with Gasteiger partial charge in [0.2, 0.25) is 15.9 Å². The summed E-state index contributed by atoms with van der Waals surface area (Å²) in [4.78, 5) is 13.7. The van der Waals surface area contributed by atoms with E-state index in [0.29, 0.717) is 18.2 Å². The van der Waals surface area contributed by atoms with Gasteiger partial charge in [0.05, 0.1) is 4.90 Å². The van der Waals surface area contributed by atoms with Gasteiger partial charge >= 0.3 is 0 Å². The minimum Gasteiger partial charge on any atom is -0.326 e. The van der Waals surface area contributed by atoms with Crippen molar-refractivity contribution in [2.24, 2.45) is 5.92 Å². The first-order chi connectivity index (χ1) is 12.3. The maximum Gasteiger partial charge on any atom is 0.240 e. The molecular formula is C19H31N3O3S. The van der Waals surface area contributed by atoms with E-state index in [0.717, 1.165) is 19.5 Å². The number of benzene rings is 1. The number of likely N-dealkylation sites (tertiary alicyclic amines) is 1. The fourth-order valence-electron chi connectivity index (χ4n) is 3.40. The molecule has 1 unspecified atom stereocenters. The van der Waals surface area contributed by atoms with Crippen LogP contribution in [0.25, 0.3) is 0 Å². The lowest BCUT2D eigenvalue weighted by Crippen LogP contribution is -2.46. The van der Waals surface area contributed by atoms with E-state index < -0.39 is 10.0 Å². The van der Waals surface area contributed by atoms with Crippen molar-refractivity contribution in [3.05, 3.63) is 24.3 Å². The zero-order valence-corrected chi connectivity index (χ0v) is 16.8. The minimum absolute atomic E-state index is 0.184. The first kappa shape index (κ1) is 20.9. The highest BCUT2D eigenvalue weighted by atomic mass is 32.2. The molecule has 1 aromatic rings. The van der Waals surface area contributed by atoms with Gasteiger partial charge in [-0.25, -0.2) is 13.1 Å². The van der Waals surface area contributed by atoms with Crippen molar-refractivity contribution in [2.75, 3.05) is 25.0 Å². The predicted molar refractivity (Wildman–Crippen MR) is 105 cm³/mol. The number of anilines is 1. The number of carbonyl (C=O) groups is 1. The monoisotopic (exact) mass is 381 g/mol.